The SMILES string of the molecule is c1ccc(-c2ccc(Sc3cc4c5cc(Sc6ccc(-c7ccccc7)cc6)c(Sc6ccc(-c7ccccc7)cc6)cc5c5cc(Sc6ccc(-c7ccccc7)cc6)c(Sc6ccc(-c7ccccc7)cc6)cc5c4cc3Sc3ccc(-c4ccccc4)cc3)cc2)cc1. The summed E-state index contributed by atoms with van der Waals surface area (Å²) >= 11 is 11.1. The Morgan fingerprint density at radius 1 is 0.115 bits per heavy atom. The lowest BCUT2D eigenvalue weighted by molar-refractivity contribution is 1.24. The van der Waals surface area contributed by atoms with Crippen LogP contribution in [0.25, 0.3) is 99.1 Å². The molecule has 0 radical (unpaired) electrons. The fourth-order valence-corrected chi connectivity index (χ4v) is 18.3. The van der Waals surface area contributed by atoms with Crippen molar-refractivity contribution in [1.29, 1.82) is 0 Å². The maximum atomic E-state index is 2.51. The topological polar surface area (TPSA) is 0 Å². The van der Waals surface area contributed by atoms with Crippen LogP contribution in [0.2, 0.25) is 0 Å². The first kappa shape index (κ1) is 61.3. The second kappa shape index (κ2) is 28.4. The van der Waals surface area contributed by atoms with Crippen LogP contribution in [0.5, 0.6) is 0 Å². The smallest absolute Gasteiger partial charge is 0.0268 e. The van der Waals surface area contributed by atoms with Crippen molar-refractivity contribution in [2.24, 2.45) is 0 Å². The van der Waals surface area contributed by atoms with E-state index in [4.69, 9.17) is 0 Å². The molecule has 0 heterocycles. The maximum Gasteiger partial charge on any atom is 0.0268 e. The maximum absolute atomic E-state index is 2.51. The summed E-state index contributed by atoms with van der Waals surface area (Å²) in [5.74, 6) is 0. The highest BCUT2D eigenvalue weighted by molar-refractivity contribution is 8.03. The lowest BCUT2D eigenvalue weighted by atomic mass is 9.94. The summed E-state index contributed by atoms with van der Waals surface area (Å²) in [7, 11) is 0. The minimum atomic E-state index is 1.18. The highest BCUT2D eigenvalue weighted by atomic mass is 32.2. The van der Waals surface area contributed by atoms with Gasteiger partial charge in [-0.15, -0.1) is 0 Å². The van der Waals surface area contributed by atoms with Gasteiger partial charge in [0.1, 0.15) is 0 Å². The molecule has 6 heteroatoms. The van der Waals surface area contributed by atoms with Crippen molar-refractivity contribution in [2.75, 3.05) is 0 Å². The standard InChI is InChI=1S/C90H60S6/c1-7-19-61(20-8-1)67-31-43-73(44-32-67)91-85-55-79-80(56-86(85)92-74-45-33-68(34-46-74)62-21-9-2-10-22-62)82-58-88(94-76-49-37-70(38-50-76)64-25-13-4-14-26-64)90(96-78-53-41-72(42-54-78)66-29-17-6-18-30-66)60-84(82)83-59-89(95-77-51-39-71(40-52-77)65-27-15-5-16-28-65)87(57-81(79)83)93-75-47-35-69(36-48-75)63-23-11-3-12-24-63/h1-60H. The number of rotatable bonds is 18. The molecule has 0 amide bonds. The second-order valence-corrected chi connectivity index (χ2v) is 30.2. The molecule has 0 bridgehead atoms. The average molecular weight is 1330 g/mol. The third kappa shape index (κ3) is 13.8. The molecule has 0 unspecified atom stereocenters. The third-order valence-electron chi connectivity index (χ3n) is 17.3. The van der Waals surface area contributed by atoms with Crippen molar-refractivity contribution < 1.29 is 0 Å². The van der Waals surface area contributed by atoms with Gasteiger partial charge in [-0.25, -0.2) is 0 Å². The van der Waals surface area contributed by atoms with E-state index < -0.39 is 0 Å². The Morgan fingerprint density at radius 3 is 0.354 bits per heavy atom. The highest BCUT2D eigenvalue weighted by Crippen LogP contribution is 2.52. The molecule has 0 aliphatic carbocycles. The summed E-state index contributed by atoms with van der Waals surface area (Å²) in [6.45, 7) is 0. The van der Waals surface area contributed by atoms with Gasteiger partial charge in [0.25, 0.3) is 0 Å². The van der Waals surface area contributed by atoms with Crippen molar-refractivity contribution >= 4 is 103 Å². The summed E-state index contributed by atoms with van der Waals surface area (Å²) in [6, 6.07) is 134. The van der Waals surface area contributed by atoms with Crippen LogP contribution < -0.4 is 0 Å². The van der Waals surface area contributed by atoms with Crippen molar-refractivity contribution in [3.8, 4) is 66.8 Å². The zero-order chi connectivity index (χ0) is 64.0. The summed E-state index contributed by atoms with van der Waals surface area (Å²) < 4.78 is 0. The normalized spacial score (nSPS) is 11.4. The van der Waals surface area contributed by atoms with Crippen LogP contribution in [-0.2, 0) is 0 Å². The van der Waals surface area contributed by atoms with Crippen molar-refractivity contribution in [3.63, 3.8) is 0 Å². The molecule has 0 fully saturated rings. The second-order valence-electron chi connectivity index (χ2n) is 23.5. The molecule has 16 rings (SSSR count). The van der Waals surface area contributed by atoms with E-state index in [1.807, 2.05) is 70.6 Å². The Bertz CT molecular complexity index is 4440. The van der Waals surface area contributed by atoms with Crippen LogP contribution >= 0.6 is 70.6 Å². The van der Waals surface area contributed by atoms with Gasteiger partial charge >= 0.3 is 0 Å². The molecule has 96 heavy (non-hydrogen) atoms. The molecule has 16 aromatic carbocycles. The fraction of sp³-hybridized carbons (Fsp3) is 0. The molecule has 0 nitrogen and oxygen atoms in total. The van der Waals surface area contributed by atoms with Crippen LogP contribution in [0.3, 0.4) is 0 Å². The molecule has 0 N–H and O–H groups in total. The molecular weight excluding hydrogens is 1270 g/mol. The van der Waals surface area contributed by atoms with Crippen LogP contribution in [0.15, 0.2) is 423 Å². The van der Waals surface area contributed by atoms with Crippen molar-refractivity contribution in [3.05, 3.63) is 364 Å². The first-order chi connectivity index (χ1) is 47.5. The van der Waals surface area contributed by atoms with Gasteiger partial charge in [0, 0.05) is 58.7 Å². The predicted octanol–water partition coefficient (Wildman–Crippen LogP) is 28.1. The van der Waals surface area contributed by atoms with Crippen LogP contribution in [0, 0.1) is 0 Å². The minimum Gasteiger partial charge on any atom is -0.0889 e. The summed E-state index contributed by atoms with van der Waals surface area (Å²) in [4.78, 5) is 14.3. The van der Waals surface area contributed by atoms with Crippen LogP contribution in [0.1, 0.15) is 0 Å². The number of fused-ring (bicyclic) bond motifs is 6. The largest absolute Gasteiger partial charge is 0.0889 e. The molecule has 0 aliphatic heterocycles. The van der Waals surface area contributed by atoms with Crippen LogP contribution in [0.4, 0.5) is 0 Å². The molecule has 0 saturated heterocycles. The van der Waals surface area contributed by atoms with E-state index in [1.54, 1.807) is 0 Å². The van der Waals surface area contributed by atoms with Gasteiger partial charge in [0.2, 0.25) is 0 Å². The molecule has 456 valence electrons. The Hall–Kier alpha value is -9.60. The van der Waals surface area contributed by atoms with Crippen molar-refractivity contribution in [2.45, 2.75) is 58.7 Å². The molecule has 0 aromatic heterocycles. The lowest BCUT2D eigenvalue weighted by Crippen LogP contribution is -1.92. The van der Waals surface area contributed by atoms with E-state index in [1.165, 1.54) is 158 Å². The van der Waals surface area contributed by atoms with Gasteiger partial charge in [0.15, 0.2) is 0 Å². The first-order valence-electron chi connectivity index (χ1n) is 32.1. The van der Waals surface area contributed by atoms with Gasteiger partial charge in [-0.2, -0.15) is 0 Å². The van der Waals surface area contributed by atoms with Gasteiger partial charge < -0.3 is 0 Å². The van der Waals surface area contributed by atoms with E-state index in [9.17, 15) is 0 Å². The number of hydrogen-bond donors (Lipinski definition) is 0. The third-order valence-corrected chi connectivity index (χ3v) is 24.0. The van der Waals surface area contributed by atoms with Gasteiger partial charge in [-0.05, 0) is 208 Å². The Balaban J connectivity index is 0.916. The zero-order valence-electron chi connectivity index (χ0n) is 52.1. The molecule has 16 aromatic rings. The Kier molecular flexibility index (Phi) is 18.1. The van der Waals surface area contributed by atoms with Crippen molar-refractivity contribution in [1.82, 2.24) is 0 Å². The zero-order valence-corrected chi connectivity index (χ0v) is 57.0. The fourth-order valence-electron chi connectivity index (χ4n) is 12.3. The molecular formula is C90H60S6. The summed E-state index contributed by atoms with van der Waals surface area (Å²) in [6.07, 6.45) is 0. The lowest BCUT2D eigenvalue weighted by Gasteiger charge is -2.20. The Morgan fingerprint density at radius 2 is 0.229 bits per heavy atom. The number of benzene rings is 16. The molecule has 0 saturated carbocycles. The van der Waals surface area contributed by atoms with E-state index in [2.05, 4.69) is 364 Å². The van der Waals surface area contributed by atoms with Gasteiger partial charge in [0.05, 0.1) is 0 Å². The van der Waals surface area contributed by atoms with E-state index in [0.29, 0.717) is 0 Å². The molecule has 0 aliphatic rings. The summed E-state index contributed by atoms with van der Waals surface area (Å²) in [5.41, 5.74) is 14.5. The minimum absolute atomic E-state index is 1.18. The molecule has 0 spiro atoms. The van der Waals surface area contributed by atoms with E-state index in [0.717, 1.165) is 0 Å². The quantitative estimate of drug-likeness (QED) is 0.0780. The van der Waals surface area contributed by atoms with Gasteiger partial charge in [-0.1, -0.05) is 325 Å². The number of hydrogen-bond acceptors (Lipinski definition) is 6. The van der Waals surface area contributed by atoms with E-state index in [-0.39, 0.29) is 0 Å². The average Bonchev–Trinajstić information content (AvgIpc) is 0.736. The molecule has 0 atom stereocenters. The highest BCUT2D eigenvalue weighted by Gasteiger charge is 2.22. The summed E-state index contributed by atoms with van der Waals surface area (Å²) in [5, 5.41) is 7.30. The monoisotopic (exact) mass is 1330 g/mol. The van der Waals surface area contributed by atoms with Crippen LogP contribution in [-0.4, -0.2) is 0 Å². The van der Waals surface area contributed by atoms with Gasteiger partial charge in [-0.3, -0.25) is 0 Å². The van der Waals surface area contributed by atoms with E-state index >= 15 is 0 Å². The Labute approximate surface area is 587 Å². The first-order valence-corrected chi connectivity index (χ1v) is 37.0. The predicted molar refractivity (Wildman–Crippen MR) is 415 cm³/mol.